The van der Waals surface area contributed by atoms with E-state index in [0.717, 1.165) is 80.8 Å². The molecule has 3 aromatic rings. The summed E-state index contributed by atoms with van der Waals surface area (Å²) in [4.78, 5) is 40.5. The lowest BCUT2D eigenvalue weighted by Gasteiger charge is -2.50. The first-order valence-corrected chi connectivity index (χ1v) is 14.6. The number of hydrogen-bond donors (Lipinski definition) is 2. The van der Waals surface area contributed by atoms with E-state index < -0.39 is 0 Å². The molecule has 3 fully saturated rings. The maximum absolute atomic E-state index is 13.5. The molecule has 3 aliphatic heterocycles. The monoisotopic (exact) mass is 543 g/mol. The fourth-order valence-electron chi connectivity index (χ4n) is 7.10. The van der Waals surface area contributed by atoms with Gasteiger partial charge >= 0.3 is 0 Å². The summed E-state index contributed by atoms with van der Waals surface area (Å²) in [6, 6.07) is 5.21. The predicted octanol–water partition coefficient (Wildman–Crippen LogP) is 3.32. The third-order valence-electron chi connectivity index (χ3n) is 9.28. The van der Waals surface area contributed by atoms with Crippen LogP contribution in [0.25, 0.3) is 11.0 Å². The summed E-state index contributed by atoms with van der Waals surface area (Å²) in [6.45, 7) is 11.3. The van der Waals surface area contributed by atoms with Gasteiger partial charge in [0.15, 0.2) is 5.78 Å². The quantitative estimate of drug-likeness (QED) is 0.469. The normalized spacial score (nSPS) is 21.6. The molecule has 1 aromatic carbocycles. The van der Waals surface area contributed by atoms with Gasteiger partial charge in [-0.1, -0.05) is 12.8 Å². The molecule has 10 heteroatoms. The van der Waals surface area contributed by atoms with E-state index in [1.165, 1.54) is 12.6 Å². The van der Waals surface area contributed by atoms with Crippen LogP contribution >= 0.6 is 0 Å². The summed E-state index contributed by atoms with van der Waals surface area (Å²) in [7, 11) is 0. The molecule has 1 aliphatic carbocycles. The molecule has 210 valence electrons. The number of piperazine rings is 1. The van der Waals surface area contributed by atoms with Crippen molar-refractivity contribution in [1.29, 1.82) is 0 Å². The zero-order chi connectivity index (χ0) is 27.5. The molecule has 2 N–H and O–H groups in total. The molecule has 0 spiro atoms. The van der Waals surface area contributed by atoms with Gasteiger partial charge < -0.3 is 20.3 Å². The second-order valence-corrected chi connectivity index (χ2v) is 11.8. The smallest absolute Gasteiger partial charge is 0.263 e. The van der Waals surface area contributed by atoms with Gasteiger partial charge in [0.2, 0.25) is 5.95 Å². The maximum Gasteiger partial charge on any atom is 0.263 e. The number of Topliss-reactive ketones (excluding diaryl/α,β-unsaturated/α-hetero) is 1. The van der Waals surface area contributed by atoms with E-state index in [9.17, 15) is 9.59 Å². The highest BCUT2D eigenvalue weighted by Crippen LogP contribution is 2.41. The Hall–Kier alpha value is -3.50. The minimum absolute atomic E-state index is 0.0461. The molecule has 7 rings (SSSR count). The van der Waals surface area contributed by atoms with Gasteiger partial charge in [-0.3, -0.25) is 19.1 Å². The first kappa shape index (κ1) is 25.5. The van der Waals surface area contributed by atoms with Crippen molar-refractivity contribution in [1.82, 2.24) is 24.8 Å². The van der Waals surface area contributed by atoms with E-state index in [1.807, 2.05) is 13.0 Å². The number of rotatable bonds is 5. The van der Waals surface area contributed by atoms with Crippen molar-refractivity contribution in [2.75, 3.05) is 49.5 Å². The Morgan fingerprint density at radius 2 is 1.90 bits per heavy atom. The van der Waals surface area contributed by atoms with Gasteiger partial charge in [0.05, 0.1) is 17.3 Å². The largest absolute Gasteiger partial charge is 0.489 e. The fourth-order valence-corrected chi connectivity index (χ4v) is 7.10. The van der Waals surface area contributed by atoms with Crippen LogP contribution in [0.15, 0.2) is 23.1 Å². The minimum atomic E-state index is -0.240. The molecule has 1 atom stereocenters. The number of nitrogens with one attached hydrogen (secondary N) is 2. The summed E-state index contributed by atoms with van der Waals surface area (Å²) in [5.74, 6) is 1.08. The van der Waals surface area contributed by atoms with Crippen LogP contribution in [-0.4, -0.2) is 76.6 Å². The molecular weight excluding hydrogens is 506 g/mol. The standard InChI is InChI=1S/C30H37N7O3/c1-17-10-20(11-25-27(17)36-9-8-35(22-12-31-13-22)15-23(36)16-40-25)33-30-32-14-24-18(2)26(19(3)38)29(39)37(28(24)34-30)21-6-4-5-7-21/h10-11,14,21-23,31H,4-9,12-13,15-16H2,1-3H3,(H,32,33,34)/t23-/m1/s1. The third-order valence-corrected chi connectivity index (χ3v) is 9.28. The molecule has 1 saturated carbocycles. The van der Waals surface area contributed by atoms with Crippen LogP contribution in [0.5, 0.6) is 5.75 Å². The lowest BCUT2D eigenvalue weighted by atomic mass is 10.0. The van der Waals surface area contributed by atoms with Crippen molar-refractivity contribution in [3.8, 4) is 5.75 Å². The Labute approximate surface area is 233 Å². The number of anilines is 3. The number of fused-ring (bicyclic) bond motifs is 4. The van der Waals surface area contributed by atoms with Gasteiger partial charge in [-0.25, -0.2) is 4.98 Å². The van der Waals surface area contributed by atoms with Gasteiger partial charge in [0.25, 0.3) is 5.56 Å². The summed E-state index contributed by atoms with van der Waals surface area (Å²) in [5, 5.41) is 7.50. The van der Waals surface area contributed by atoms with Crippen molar-refractivity contribution in [3.05, 3.63) is 45.4 Å². The van der Waals surface area contributed by atoms with E-state index in [2.05, 4.69) is 38.4 Å². The first-order valence-electron chi connectivity index (χ1n) is 14.6. The van der Waals surface area contributed by atoms with E-state index in [4.69, 9.17) is 9.72 Å². The fraction of sp³-hybridized carbons (Fsp3) is 0.533. The number of aryl methyl sites for hydroxylation is 2. The van der Waals surface area contributed by atoms with Crippen molar-refractivity contribution >= 4 is 34.1 Å². The van der Waals surface area contributed by atoms with Crippen molar-refractivity contribution < 1.29 is 9.53 Å². The lowest BCUT2D eigenvalue weighted by Crippen LogP contribution is -2.65. The molecule has 2 aromatic heterocycles. The summed E-state index contributed by atoms with van der Waals surface area (Å²) in [5.41, 5.74) is 4.41. The van der Waals surface area contributed by atoms with E-state index in [0.29, 0.717) is 35.8 Å². The number of ether oxygens (including phenoxy) is 1. The van der Waals surface area contributed by atoms with Crippen LogP contribution in [0.4, 0.5) is 17.3 Å². The van der Waals surface area contributed by atoms with Crippen molar-refractivity contribution in [2.45, 2.75) is 64.6 Å². The molecule has 10 nitrogen and oxygen atoms in total. The number of nitrogens with zero attached hydrogens (tertiary/aromatic N) is 5. The molecule has 4 aliphatic rings. The molecule has 0 radical (unpaired) electrons. The van der Waals surface area contributed by atoms with Crippen molar-refractivity contribution in [3.63, 3.8) is 0 Å². The Kier molecular flexibility index (Phi) is 6.27. The number of carbonyl (C=O) groups is 1. The number of benzene rings is 1. The maximum atomic E-state index is 13.5. The summed E-state index contributed by atoms with van der Waals surface area (Å²) < 4.78 is 8.06. The number of ketones is 1. The van der Waals surface area contributed by atoms with Crippen molar-refractivity contribution in [2.24, 2.45) is 0 Å². The van der Waals surface area contributed by atoms with Gasteiger partial charge in [-0.05, 0) is 50.8 Å². The van der Waals surface area contributed by atoms with E-state index in [1.54, 1.807) is 10.8 Å². The molecular formula is C30H37N7O3. The highest BCUT2D eigenvalue weighted by molar-refractivity contribution is 5.99. The van der Waals surface area contributed by atoms with Crippen LogP contribution in [0.3, 0.4) is 0 Å². The number of aromatic nitrogens is 3. The lowest BCUT2D eigenvalue weighted by molar-refractivity contribution is 0.0990. The first-order chi connectivity index (χ1) is 19.4. The zero-order valence-corrected chi connectivity index (χ0v) is 23.5. The number of pyridine rings is 1. The van der Waals surface area contributed by atoms with Gasteiger partial charge in [-0.2, -0.15) is 4.98 Å². The van der Waals surface area contributed by atoms with Gasteiger partial charge in [-0.15, -0.1) is 0 Å². The molecule has 40 heavy (non-hydrogen) atoms. The molecule has 5 heterocycles. The van der Waals surface area contributed by atoms with Crippen LogP contribution in [-0.2, 0) is 0 Å². The SMILES string of the molecule is CC(=O)c1c(C)c2cnc(Nc3cc(C)c4c(c3)OC[C@H]3CN(C5CNC5)CCN43)nc2n(C2CCCC2)c1=O. The summed E-state index contributed by atoms with van der Waals surface area (Å²) in [6.07, 6.45) is 5.70. The molecule has 2 saturated heterocycles. The van der Waals surface area contributed by atoms with Gasteiger partial charge in [0, 0.05) is 68.1 Å². The van der Waals surface area contributed by atoms with Crippen LogP contribution < -0.4 is 25.8 Å². The third kappa shape index (κ3) is 4.16. The second kappa shape index (κ2) is 9.85. The van der Waals surface area contributed by atoms with Crippen LogP contribution in [0.2, 0.25) is 0 Å². The topological polar surface area (TPSA) is 105 Å². The number of hydrogen-bond acceptors (Lipinski definition) is 9. The highest BCUT2D eigenvalue weighted by atomic mass is 16.5. The Morgan fingerprint density at radius 3 is 2.62 bits per heavy atom. The van der Waals surface area contributed by atoms with E-state index >= 15 is 0 Å². The minimum Gasteiger partial charge on any atom is -0.489 e. The highest BCUT2D eigenvalue weighted by Gasteiger charge is 2.37. The Bertz CT molecular complexity index is 1560. The second-order valence-electron chi connectivity index (χ2n) is 11.8. The molecule has 0 bridgehead atoms. The summed E-state index contributed by atoms with van der Waals surface area (Å²) >= 11 is 0. The Balaban J connectivity index is 1.21. The molecule has 0 amide bonds. The Morgan fingerprint density at radius 1 is 1.10 bits per heavy atom. The van der Waals surface area contributed by atoms with Crippen LogP contribution in [0, 0.1) is 13.8 Å². The average molecular weight is 544 g/mol. The molecule has 0 unspecified atom stereocenters. The van der Waals surface area contributed by atoms with E-state index in [-0.39, 0.29) is 22.9 Å². The predicted molar refractivity (Wildman–Crippen MR) is 155 cm³/mol. The van der Waals surface area contributed by atoms with Crippen LogP contribution in [0.1, 0.15) is 60.1 Å². The van der Waals surface area contributed by atoms with Gasteiger partial charge in [0.1, 0.15) is 18.0 Å². The average Bonchev–Trinajstić information content (AvgIpc) is 3.41. The number of carbonyl (C=O) groups excluding carboxylic acids is 1. The zero-order valence-electron chi connectivity index (χ0n) is 23.5.